The molecule has 0 aromatic carbocycles. The second-order valence-corrected chi connectivity index (χ2v) is 4.35. The van der Waals surface area contributed by atoms with E-state index in [0.29, 0.717) is 0 Å². The van der Waals surface area contributed by atoms with Gasteiger partial charge in [-0.1, -0.05) is 0 Å². The van der Waals surface area contributed by atoms with Crippen molar-refractivity contribution in [3.63, 3.8) is 0 Å². The van der Waals surface area contributed by atoms with E-state index >= 15 is 0 Å². The summed E-state index contributed by atoms with van der Waals surface area (Å²) in [6.07, 6.45) is 8.65. The van der Waals surface area contributed by atoms with E-state index in [0.717, 1.165) is 6.54 Å². The van der Waals surface area contributed by atoms with Crippen molar-refractivity contribution < 1.29 is 0 Å². The molecule has 0 spiro atoms. The van der Waals surface area contributed by atoms with Crippen molar-refractivity contribution in [3.8, 4) is 0 Å². The van der Waals surface area contributed by atoms with Crippen LogP contribution in [0, 0.1) is 0 Å². The Morgan fingerprint density at radius 3 is 2.64 bits per heavy atom. The lowest BCUT2D eigenvalue weighted by Gasteiger charge is -2.20. The molecule has 0 saturated carbocycles. The van der Waals surface area contributed by atoms with Crippen molar-refractivity contribution in [2.45, 2.75) is 38.6 Å². The number of aryl methyl sites for hydroxylation is 1. The van der Waals surface area contributed by atoms with Crippen LogP contribution in [0.2, 0.25) is 0 Å². The van der Waals surface area contributed by atoms with Crippen LogP contribution >= 0.6 is 0 Å². The Balaban J connectivity index is 1.93. The Kier molecular flexibility index (Phi) is 1.96. The molecule has 2 aliphatic heterocycles. The first kappa shape index (κ1) is 8.33. The van der Waals surface area contributed by atoms with Gasteiger partial charge in [0.1, 0.15) is 0 Å². The molecule has 0 N–H and O–H groups in total. The molecule has 3 heteroatoms. The number of nitrogens with zero attached hydrogens (tertiary/aromatic N) is 3. The molecular formula is C11H17N3. The van der Waals surface area contributed by atoms with Crippen LogP contribution in [0.4, 0.5) is 5.69 Å². The molecule has 0 aliphatic carbocycles. The highest BCUT2D eigenvalue weighted by molar-refractivity contribution is 5.50. The van der Waals surface area contributed by atoms with E-state index in [1.54, 1.807) is 0 Å². The van der Waals surface area contributed by atoms with Crippen LogP contribution in [0.1, 0.15) is 31.4 Å². The highest BCUT2D eigenvalue weighted by atomic mass is 15.3. The molecule has 0 atom stereocenters. The van der Waals surface area contributed by atoms with Gasteiger partial charge in [0.05, 0.1) is 17.6 Å². The molecule has 0 unspecified atom stereocenters. The maximum atomic E-state index is 4.48. The van der Waals surface area contributed by atoms with Crippen LogP contribution in [-0.4, -0.2) is 22.9 Å². The first-order chi connectivity index (χ1) is 6.95. The zero-order valence-electron chi connectivity index (χ0n) is 8.58. The van der Waals surface area contributed by atoms with Crippen LogP contribution in [0.25, 0.3) is 0 Å². The Hall–Kier alpha value is -0.990. The van der Waals surface area contributed by atoms with Crippen molar-refractivity contribution in [1.29, 1.82) is 0 Å². The summed E-state index contributed by atoms with van der Waals surface area (Å²) in [7, 11) is 0. The standard InChI is InChI=1S/C11H17N3/c1-2-8-14-10(5-1)11(9-12-14)13-6-3-4-7-13/h9H,1-8H2. The zero-order chi connectivity index (χ0) is 9.38. The minimum absolute atomic E-state index is 1.13. The maximum absolute atomic E-state index is 4.48. The zero-order valence-corrected chi connectivity index (χ0v) is 8.58. The van der Waals surface area contributed by atoms with E-state index in [4.69, 9.17) is 0 Å². The summed E-state index contributed by atoms with van der Waals surface area (Å²) in [5.41, 5.74) is 2.90. The number of anilines is 1. The highest BCUT2D eigenvalue weighted by Crippen LogP contribution is 2.28. The van der Waals surface area contributed by atoms with Gasteiger partial charge >= 0.3 is 0 Å². The van der Waals surface area contributed by atoms with E-state index in [1.165, 1.54) is 56.6 Å². The molecule has 1 aromatic rings. The fourth-order valence-electron chi connectivity index (χ4n) is 2.63. The Morgan fingerprint density at radius 2 is 1.79 bits per heavy atom. The molecule has 1 aromatic heterocycles. The summed E-state index contributed by atoms with van der Waals surface area (Å²) in [4.78, 5) is 2.50. The first-order valence-electron chi connectivity index (χ1n) is 5.75. The van der Waals surface area contributed by atoms with Gasteiger partial charge in [0.2, 0.25) is 0 Å². The summed E-state index contributed by atoms with van der Waals surface area (Å²) >= 11 is 0. The van der Waals surface area contributed by atoms with Crippen LogP contribution in [0.5, 0.6) is 0 Å². The van der Waals surface area contributed by atoms with Gasteiger partial charge in [-0.3, -0.25) is 4.68 Å². The van der Waals surface area contributed by atoms with Gasteiger partial charge in [-0.2, -0.15) is 5.10 Å². The Labute approximate surface area is 84.7 Å². The summed E-state index contributed by atoms with van der Waals surface area (Å²) < 4.78 is 2.21. The van der Waals surface area contributed by atoms with Gasteiger partial charge in [-0.05, 0) is 32.1 Å². The second-order valence-electron chi connectivity index (χ2n) is 4.35. The van der Waals surface area contributed by atoms with Gasteiger partial charge in [-0.25, -0.2) is 0 Å². The molecule has 1 saturated heterocycles. The average molecular weight is 191 g/mol. The molecule has 3 nitrogen and oxygen atoms in total. The lowest BCUT2D eigenvalue weighted by Crippen LogP contribution is -2.20. The molecule has 3 rings (SSSR count). The van der Waals surface area contributed by atoms with E-state index in [1.807, 2.05) is 0 Å². The molecule has 76 valence electrons. The van der Waals surface area contributed by atoms with Crippen LogP contribution < -0.4 is 4.90 Å². The van der Waals surface area contributed by atoms with Crippen LogP contribution in [0.15, 0.2) is 6.20 Å². The predicted octanol–water partition coefficient (Wildman–Crippen LogP) is 1.82. The Bertz CT molecular complexity index is 323. The molecule has 14 heavy (non-hydrogen) atoms. The number of aromatic nitrogens is 2. The van der Waals surface area contributed by atoms with E-state index in [-0.39, 0.29) is 0 Å². The summed E-state index contributed by atoms with van der Waals surface area (Å²) in [6.45, 7) is 3.60. The fourth-order valence-corrected chi connectivity index (χ4v) is 2.63. The van der Waals surface area contributed by atoms with Crippen molar-refractivity contribution in [1.82, 2.24) is 9.78 Å². The fraction of sp³-hybridized carbons (Fsp3) is 0.727. The summed E-state index contributed by atoms with van der Waals surface area (Å²) in [5.74, 6) is 0. The largest absolute Gasteiger partial charge is 0.369 e. The van der Waals surface area contributed by atoms with Gasteiger partial charge in [-0.15, -0.1) is 0 Å². The second kappa shape index (κ2) is 3.30. The van der Waals surface area contributed by atoms with Crippen molar-refractivity contribution in [3.05, 3.63) is 11.9 Å². The predicted molar refractivity (Wildman–Crippen MR) is 56.6 cm³/mol. The van der Waals surface area contributed by atoms with Crippen molar-refractivity contribution in [2.24, 2.45) is 0 Å². The monoisotopic (exact) mass is 191 g/mol. The number of hydrogen-bond donors (Lipinski definition) is 0. The van der Waals surface area contributed by atoms with Crippen molar-refractivity contribution >= 4 is 5.69 Å². The number of fused-ring (bicyclic) bond motifs is 1. The number of rotatable bonds is 1. The molecular weight excluding hydrogens is 174 g/mol. The molecule has 1 fully saturated rings. The molecule has 0 radical (unpaired) electrons. The molecule has 2 aliphatic rings. The lowest BCUT2D eigenvalue weighted by atomic mass is 10.1. The maximum Gasteiger partial charge on any atom is 0.0785 e. The lowest BCUT2D eigenvalue weighted by molar-refractivity contribution is 0.486. The SMILES string of the molecule is c1nn2c(c1N1CCCC1)CCCC2. The highest BCUT2D eigenvalue weighted by Gasteiger charge is 2.21. The smallest absolute Gasteiger partial charge is 0.0785 e. The van der Waals surface area contributed by atoms with Gasteiger partial charge in [0.15, 0.2) is 0 Å². The van der Waals surface area contributed by atoms with Crippen molar-refractivity contribution in [2.75, 3.05) is 18.0 Å². The van der Waals surface area contributed by atoms with Crippen LogP contribution in [0.3, 0.4) is 0 Å². The minimum Gasteiger partial charge on any atom is -0.369 e. The number of hydrogen-bond acceptors (Lipinski definition) is 2. The Morgan fingerprint density at radius 1 is 1.00 bits per heavy atom. The minimum atomic E-state index is 1.13. The van der Waals surface area contributed by atoms with Crippen LogP contribution in [-0.2, 0) is 13.0 Å². The third kappa shape index (κ3) is 1.22. The van der Waals surface area contributed by atoms with E-state index in [9.17, 15) is 0 Å². The third-order valence-corrected chi connectivity index (χ3v) is 3.41. The van der Waals surface area contributed by atoms with Gasteiger partial charge in [0.25, 0.3) is 0 Å². The summed E-state index contributed by atoms with van der Waals surface area (Å²) in [6, 6.07) is 0. The molecule has 0 bridgehead atoms. The quantitative estimate of drug-likeness (QED) is 0.675. The van der Waals surface area contributed by atoms with E-state index in [2.05, 4.69) is 20.9 Å². The topological polar surface area (TPSA) is 21.1 Å². The normalized spacial score (nSPS) is 21.3. The van der Waals surface area contributed by atoms with E-state index < -0.39 is 0 Å². The summed E-state index contributed by atoms with van der Waals surface area (Å²) in [5, 5.41) is 4.48. The first-order valence-corrected chi connectivity index (χ1v) is 5.75. The van der Waals surface area contributed by atoms with Gasteiger partial charge in [0, 0.05) is 19.6 Å². The molecule has 3 heterocycles. The average Bonchev–Trinajstić information content (AvgIpc) is 2.85. The third-order valence-electron chi connectivity index (χ3n) is 3.41. The van der Waals surface area contributed by atoms with Gasteiger partial charge < -0.3 is 4.90 Å². The molecule has 0 amide bonds.